The summed E-state index contributed by atoms with van der Waals surface area (Å²) in [5, 5.41) is 1.26. The fourth-order valence-corrected chi connectivity index (χ4v) is 6.55. The van der Waals surface area contributed by atoms with Gasteiger partial charge in [-0.2, -0.15) is 0 Å². The van der Waals surface area contributed by atoms with Crippen molar-refractivity contribution in [3.05, 3.63) is 86.9 Å². The maximum absolute atomic E-state index is 11.8. The number of unbranched alkanes of at least 4 members (excludes halogenated alkanes) is 3. The van der Waals surface area contributed by atoms with Gasteiger partial charge in [-0.1, -0.05) is 61.2 Å². The first-order valence-corrected chi connectivity index (χ1v) is 17.2. The molecule has 8 heteroatoms. The van der Waals surface area contributed by atoms with Crippen molar-refractivity contribution in [1.29, 1.82) is 0 Å². The van der Waals surface area contributed by atoms with Crippen molar-refractivity contribution in [2.24, 2.45) is 0 Å². The van der Waals surface area contributed by atoms with E-state index in [0.29, 0.717) is 29.5 Å². The second-order valence-corrected chi connectivity index (χ2v) is 12.8. The molecule has 1 saturated heterocycles. The number of Topliss-reactive ketones (excluding diaryl/α,β-unsaturated/α-hetero) is 2. The minimum Gasteiger partial charge on any atom is -0.494 e. The third kappa shape index (κ3) is 9.02. The number of nitrogens with zero attached hydrogens (tertiary/aromatic N) is 2. The molecule has 0 atom stereocenters. The smallest absolute Gasteiger partial charge is 0.163 e. The Bertz CT molecular complexity index is 1470. The molecule has 0 N–H and O–H groups in total. The van der Waals surface area contributed by atoms with Gasteiger partial charge in [0.15, 0.2) is 11.6 Å². The minimum atomic E-state index is 0.239. The van der Waals surface area contributed by atoms with E-state index < -0.39 is 0 Å². The van der Waals surface area contributed by atoms with Crippen molar-refractivity contribution in [2.45, 2.75) is 64.7 Å². The number of halogens is 2. The summed E-state index contributed by atoms with van der Waals surface area (Å²) in [7, 11) is 0. The van der Waals surface area contributed by atoms with Crippen molar-refractivity contribution in [3.8, 4) is 11.5 Å². The van der Waals surface area contributed by atoms with E-state index in [-0.39, 0.29) is 11.6 Å². The molecule has 45 heavy (non-hydrogen) atoms. The molecule has 0 amide bonds. The van der Waals surface area contributed by atoms with Crippen LogP contribution in [0.4, 0.5) is 5.69 Å². The zero-order chi connectivity index (χ0) is 31.6. The number of fused-ring (bicyclic) bond motifs is 2. The highest BCUT2D eigenvalue weighted by molar-refractivity contribution is 6.43. The quantitative estimate of drug-likeness (QED) is 0.183. The molecule has 0 spiro atoms. The average molecular weight is 652 g/mol. The third-order valence-electron chi connectivity index (χ3n) is 8.80. The van der Waals surface area contributed by atoms with Crippen LogP contribution in [0, 0.1) is 0 Å². The molecule has 3 aromatic rings. The standard InChI is InChI=1S/C23H26Cl2N2O2.C14H18O2/c24-20-4-3-5-21(23(20)25)27-13-11-26(12-14-27)10-1-2-15-29-18-8-6-17-7-9-22(28)19(17)16-18;1-2-3-4-9-16-12-7-5-11-6-8-14(15)13(11)10-12/h3-6,8,16H,1-2,7,9-15H2;5,7,10H,2-4,6,8-9H2,1H3. The second kappa shape index (κ2) is 16.5. The van der Waals surface area contributed by atoms with Gasteiger partial charge in [0.1, 0.15) is 11.5 Å². The Morgan fingerprint density at radius 3 is 1.84 bits per heavy atom. The van der Waals surface area contributed by atoms with E-state index in [4.69, 9.17) is 32.7 Å². The number of rotatable bonds is 12. The molecule has 1 fully saturated rings. The first kappa shape index (κ1) is 33.3. The molecular weight excluding hydrogens is 607 g/mol. The molecule has 0 saturated carbocycles. The zero-order valence-electron chi connectivity index (χ0n) is 26.3. The van der Waals surface area contributed by atoms with Crippen LogP contribution in [0.15, 0.2) is 54.6 Å². The molecule has 0 unspecified atom stereocenters. The van der Waals surface area contributed by atoms with Gasteiger partial charge in [-0.05, 0) is 86.2 Å². The molecule has 0 bridgehead atoms. The normalized spacial score (nSPS) is 15.8. The molecule has 3 aromatic carbocycles. The van der Waals surface area contributed by atoms with E-state index in [1.54, 1.807) is 0 Å². The van der Waals surface area contributed by atoms with Gasteiger partial charge in [-0.3, -0.25) is 14.5 Å². The number of aryl methyl sites for hydroxylation is 2. The van der Waals surface area contributed by atoms with Gasteiger partial charge in [-0.25, -0.2) is 0 Å². The van der Waals surface area contributed by atoms with Crippen LogP contribution >= 0.6 is 23.2 Å². The summed E-state index contributed by atoms with van der Waals surface area (Å²) in [4.78, 5) is 28.2. The van der Waals surface area contributed by atoms with Crippen LogP contribution < -0.4 is 14.4 Å². The van der Waals surface area contributed by atoms with Crippen LogP contribution in [0.2, 0.25) is 10.0 Å². The van der Waals surface area contributed by atoms with E-state index in [2.05, 4.69) is 16.7 Å². The van der Waals surface area contributed by atoms with E-state index in [9.17, 15) is 9.59 Å². The fourth-order valence-electron chi connectivity index (χ4n) is 6.13. The zero-order valence-corrected chi connectivity index (χ0v) is 27.8. The van der Waals surface area contributed by atoms with E-state index in [1.807, 2.05) is 54.6 Å². The number of hydrogen-bond acceptors (Lipinski definition) is 6. The highest BCUT2D eigenvalue weighted by Crippen LogP contribution is 2.33. The van der Waals surface area contributed by atoms with E-state index in [1.165, 1.54) is 18.4 Å². The summed E-state index contributed by atoms with van der Waals surface area (Å²) in [5.74, 6) is 2.15. The minimum absolute atomic E-state index is 0.239. The van der Waals surface area contributed by atoms with Crippen LogP contribution in [0.1, 0.15) is 83.7 Å². The lowest BCUT2D eigenvalue weighted by Crippen LogP contribution is -2.46. The van der Waals surface area contributed by atoms with Crippen molar-refractivity contribution in [2.75, 3.05) is 50.8 Å². The summed E-state index contributed by atoms with van der Waals surface area (Å²) >= 11 is 12.5. The molecular formula is C37H44Cl2N2O4. The van der Waals surface area contributed by atoms with Gasteiger partial charge >= 0.3 is 0 Å². The van der Waals surface area contributed by atoms with Crippen molar-refractivity contribution in [1.82, 2.24) is 4.90 Å². The van der Waals surface area contributed by atoms with Crippen LogP contribution in [0.5, 0.6) is 11.5 Å². The monoisotopic (exact) mass is 650 g/mol. The summed E-state index contributed by atoms with van der Waals surface area (Å²) in [6.07, 6.45) is 8.64. The molecule has 3 aliphatic rings. The number of anilines is 1. The van der Waals surface area contributed by atoms with E-state index >= 15 is 0 Å². The SMILES string of the molecule is CCCCCOc1ccc2c(c1)C(=O)CC2.O=C1CCc2ccc(OCCCCN3CCN(c4cccc(Cl)c4Cl)CC3)cc21. The average Bonchev–Trinajstić information content (AvgIpc) is 3.62. The van der Waals surface area contributed by atoms with Crippen LogP contribution in [-0.2, 0) is 12.8 Å². The van der Waals surface area contributed by atoms with Crippen molar-refractivity contribution in [3.63, 3.8) is 0 Å². The van der Waals surface area contributed by atoms with E-state index in [0.717, 1.165) is 105 Å². The van der Waals surface area contributed by atoms with Crippen molar-refractivity contribution >= 4 is 40.5 Å². The van der Waals surface area contributed by atoms with Gasteiger partial charge < -0.3 is 14.4 Å². The summed E-state index contributed by atoms with van der Waals surface area (Å²) in [6.45, 7) is 8.65. The summed E-state index contributed by atoms with van der Waals surface area (Å²) < 4.78 is 11.5. The number of piperazine rings is 1. The highest BCUT2D eigenvalue weighted by atomic mass is 35.5. The summed E-state index contributed by atoms with van der Waals surface area (Å²) in [5.41, 5.74) is 5.07. The Morgan fingerprint density at radius 1 is 0.689 bits per heavy atom. The second-order valence-electron chi connectivity index (χ2n) is 12.0. The lowest BCUT2D eigenvalue weighted by Gasteiger charge is -2.36. The Hall–Kier alpha value is -3.06. The molecule has 0 radical (unpaired) electrons. The van der Waals surface area contributed by atoms with Gasteiger partial charge in [0.2, 0.25) is 0 Å². The first-order valence-electron chi connectivity index (χ1n) is 16.4. The lowest BCUT2D eigenvalue weighted by atomic mass is 10.1. The molecule has 1 heterocycles. The Morgan fingerprint density at radius 2 is 1.27 bits per heavy atom. The predicted molar refractivity (Wildman–Crippen MR) is 183 cm³/mol. The number of benzene rings is 3. The summed E-state index contributed by atoms with van der Waals surface area (Å²) in [6, 6.07) is 17.6. The van der Waals surface area contributed by atoms with Crippen LogP contribution in [0.3, 0.4) is 0 Å². The van der Waals surface area contributed by atoms with Crippen LogP contribution in [0.25, 0.3) is 0 Å². The highest BCUT2D eigenvalue weighted by Gasteiger charge is 2.21. The number of ether oxygens (including phenoxy) is 2. The molecule has 6 rings (SSSR count). The van der Waals surface area contributed by atoms with Gasteiger partial charge in [0.25, 0.3) is 0 Å². The van der Waals surface area contributed by atoms with Gasteiger partial charge in [-0.15, -0.1) is 0 Å². The third-order valence-corrected chi connectivity index (χ3v) is 9.61. The molecule has 2 aliphatic carbocycles. The molecule has 0 aromatic heterocycles. The van der Waals surface area contributed by atoms with Crippen LogP contribution in [-0.4, -0.2) is 62.4 Å². The molecule has 240 valence electrons. The molecule has 1 aliphatic heterocycles. The Balaban J connectivity index is 0.000000211. The Kier molecular flexibility index (Phi) is 12.2. The number of carbonyl (C=O) groups excluding carboxylic acids is 2. The number of hydrogen-bond donors (Lipinski definition) is 0. The molecule has 6 nitrogen and oxygen atoms in total. The predicted octanol–water partition coefficient (Wildman–Crippen LogP) is 8.49. The maximum Gasteiger partial charge on any atom is 0.163 e. The Labute approximate surface area is 277 Å². The van der Waals surface area contributed by atoms with Gasteiger partial charge in [0, 0.05) is 50.1 Å². The maximum atomic E-state index is 11.8. The number of ketones is 2. The number of carbonyl (C=O) groups is 2. The van der Waals surface area contributed by atoms with Crippen molar-refractivity contribution < 1.29 is 19.1 Å². The topological polar surface area (TPSA) is 59.1 Å². The van der Waals surface area contributed by atoms with Gasteiger partial charge in [0.05, 0.1) is 28.9 Å². The largest absolute Gasteiger partial charge is 0.494 e. The first-order chi connectivity index (χ1) is 21.9. The fraction of sp³-hybridized carbons (Fsp3) is 0.459. The lowest BCUT2D eigenvalue weighted by molar-refractivity contribution is 0.0986.